The van der Waals surface area contributed by atoms with Crippen LogP contribution in [0.2, 0.25) is 0 Å². The molecule has 14 heavy (non-hydrogen) atoms. The third-order valence-corrected chi connectivity index (χ3v) is 2.51. The second kappa shape index (κ2) is 6.02. The van der Waals surface area contributed by atoms with E-state index >= 15 is 0 Å². The van der Waals surface area contributed by atoms with Gasteiger partial charge in [-0.15, -0.1) is 0 Å². The third-order valence-electron chi connectivity index (χ3n) is 2.51. The first-order valence-electron chi connectivity index (χ1n) is 5.49. The van der Waals surface area contributed by atoms with Crippen molar-refractivity contribution in [3.8, 4) is 0 Å². The van der Waals surface area contributed by atoms with Gasteiger partial charge in [-0.1, -0.05) is 13.8 Å². The number of ether oxygens (including phenoxy) is 2. The van der Waals surface area contributed by atoms with E-state index in [0.29, 0.717) is 18.9 Å². The molecule has 0 aliphatic carbocycles. The lowest BCUT2D eigenvalue weighted by Crippen LogP contribution is -2.29. The van der Waals surface area contributed by atoms with Crippen LogP contribution in [0.15, 0.2) is 0 Å². The molecule has 0 amide bonds. The van der Waals surface area contributed by atoms with Gasteiger partial charge in [0.2, 0.25) is 0 Å². The molecule has 82 valence electrons. The molecule has 0 aromatic carbocycles. The molecule has 1 rings (SSSR count). The Morgan fingerprint density at radius 1 is 1.57 bits per heavy atom. The first kappa shape index (κ1) is 11.5. The van der Waals surface area contributed by atoms with Gasteiger partial charge in [-0.2, -0.15) is 0 Å². The topological polar surface area (TPSA) is 35.5 Å². The zero-order valence-corrected chi connectivity index (χ0v) is 9.12. The highest BCUT2D eigenvalue weighted by molar-refractivity contribution is 5.69. The number of rotatable bonds is 4. The van der Waals surface area contributed by atoms with Crippen LogP contribution in [0.3, 0.4) is 0 Å². The van der Waals surface area contributed by atoms with Crippen LogP contribution < -0.4 is 0 Å². The molecule has 0 radical (unpaired) electrons. The van der Waals surface area contributed by atoms with Crippen molar-refractivity contribution >= 4 is 5.97 Å². The summed E-state index contributed by atoms with van der Waals surface area (Å²) in [5.41, 5.74) is 0. The van der Waals surface area contributed by atoms with E-state index in [-0.39, 0.29) is 12.1 Å². The van der Waals surface area contributed by atoms with Crippen molar-refractivity contribution in [3.05, 3.63) is 0 Å². The van der Waals surface area contributed by atoms with E-state index < -0.39 is 0 Å². The molecule has 2 atom stereocenters. The summed E-state index contributed by atoms with van der Waals surface area (Å²) < 4.78 is 10.6. The molecule has 1 aliphatic heterocycles. The maximum Gasteiger partial charge on any atom is 0.305 e. The van der Waals surface area contributed by atoms with Crippen LogP contribution in [0.4, 0.5) is 0 Å². The smallest absolute Gasteiger partial charge is 0.305 e. The van der Waals surface area contributed by atoms with E-state index in [0.717, 1.165) is 25.9 Å². The zero-order valence-electron chi connectivity index (χ0n) is 9.12. The Bertz CT molecular complexity index is 179. The molecule has 1 fully saturated rings. The first-order chi connectivity index (χ1) is 6.72. The highest BCUT2D eigenvalue weighted by Gasteiger charge is 2.20. The Kier molecular flexibility index (Phi) is 4.94. The fourth-order valence-corrected chi connectivity index (χ4v) is 1.65. The van der Waals surface area contributed by atoms with Gasteiger partial charge in [-0.05, 0) is 25.2 Å². The van der Waals surface area contributed by atoms with Crippen LogP contribution in [0, 0.1) is 5.92 Å². The van der Waals surface area contributed by atoms with Gasteiger partial charge in [0.15, 0.2) is 0 Å². The standard InChI is InChI=1S/C11H20O3/c1-3-4-11(12)14-8-10-7-9(2)5-6-13-10/h9-10H,3-8H2,1-2H3. The van der Waals surface area contributed by atoms with E-state index in [1.54, 1.807) is 0 Å². The highest BCUT2D eigenvalue weighted by Crippen LogP contribution is 2.19. The largest absolute Gasteiger partial charge is 0.463 e. The molecule has 0 bridgehead atoms. The number of carbonyl (C=O) groups is 1. The van der Waals surface area contributed by atoms with E-state index in [4.69, 9.17) is 9.47 Å². The Morgan fingerprint density at radius 3 is 3.00 bits per heavy atom. The molecule has 1 heterocycles. The molecular weight excluding hydrogens is 180 g/mol. The van der Waals surface area contributed by atoms with Crippen LogP contribution >= 0.6 is 0 Å². The first-order valence-corrected chi connectivity index (χ1v) is 5.49. The second-order valence-corrected chi connectivity index (χ2v) is 4.06. The zero-order chi connectivity index (χ0) is 10.4. The van der Waals surface area contributed by atoms with E-state index in [9.17, 15) is 4.79 Å². The van der Waals surface area contributed by atoms with Gasteiger partial charge >= 0.3 is 5.97 Å². The predicted molar refractivity (Wildman–Crippen MR) is 54.0 cm³/mol. The number of esters is 1. The van der Waals surface area contributed by atoms with E-state index in [1.165, 1.54) is 0 Å². The Morgan fingerprint density at radius 2 is 2.36 bits per heavy atom. The van der Waals surface area contributed by atoms with Crippen molar-refractivity contribution in [1.82, 2.24) is 0 Å². The Labute approximate surface area is 85.8 Å². The maximum absolute atomic E-state index is 11.1. The summed E-state index contributed by atoms with van der Waals surface area (Å²) in [7, 11) is 0. The van der Waals surface area contributed by atoms with E-state index in [1.807, 2.05) is 6.92 Å². The third kappa shape index (κ3) is 4.09. The minimum Gasteiger partial charge on any atom is -0.463 e. The molecule has 0 spiro atoms. The maximum atomic E-state index is 11.1. The fourth-order valence-electron chi connectivity index (χ4n) is 1.65. The molecule has 3 heteroatoms. The lowest BCUT2D eigenvalue weighted by molar-refractivity contribution is -0.149. The average molecular weight is 200 g/mol. The van der Waals surface area contributed by atoms with Crippen LogP contribution in [-0.4, -0.2) is 25.3 Å². The van der Waals surface area contributed by atoms with Gasteiger partial charge in [-0.3, -0.25) is 4.79 Å². The van der Waals surface area contributed by atoms with Crippen LogP contribution in [0.5, 0.6) is 0 Å². The van der Waals surface area contributed by atoms with Gasteiger partial charge in [0.05, 0.1) is 6.10 Å². The van der Waals surface area contributed by atoms with Crippen LogP contribution in [0.1, 0.15) is 39.5 Å². The normalized spacial score (nSPS) is 27.3. The van der Waals surface area contributed by atoms with Gasteiger partial charge in [0.25, 0.3) is 0 Å². The highest BCUT2D eigenvalue weighted by atomic mass is 16.6. The van der Waals surface area contributed by atoms with Crippen LogP contribution in [-0.2, 0) is 14.3 Å². The summed E-state index contributed by atoms with van der Waals surface area (Å²) >= 11 is 0. The van der Waals surface area contributed by atoms with Crippen molar-refractivity contribution in [2.75, 3.05) is 13.2 Å². The summed E-state index contributed by atoms with van der Waals surface area (Å²) in [5, 5.41) is 0. The Balaban J connectivity index is 2.14. The lowest BCUT2D eigenvalue weighted by Gasteiger charge is -2.26. The number of hydrogen-bond acceptors (Lipinski definition) is 3. The average Bonchev–Trinajstić information content (AvgIpc) is 2.15. The molecule has 2 unspecified atom stereocenters. The van der Waals surface area contributed by atoms with Gasteiger partial charge in [0, 0.05) is 13.0 Å². The summed E-state index contributed by atoms with van der Waals surface area (Å²) in [6.45, 7) is 5.42. The molecule has 3 nitrogen and oxygen atoms in total. The minimum absolute atomic E-state index is 0.102. The van der Waals surface area contributed by atoms with E-state index in [2.05, 4.69) is 6.92 Å². The molecule has 0 aromatic heterocycles. The molecular formula is C11H20O3. The Hall–Kier alpha value is -0.570. The fraction of sp³-hybridized carbons (Fsp3) is 0.909. The number of hydrogen-bond donors (Lipinski definition) is 0. The van der Waals surface area contributed by atoms with Crippen molar-refractivity contribution in [3.63, 3.8) is 0 Å². The summed E-state index contributed by atoms with van der Waals surface area (Å²) in [4.78, 5) is 11.1. The minimum atomic E-state index is -0.102. The summed E-state index contributed by atoms with van der Waals surface area (Å²) in [6, 6.07) is 0. The quantitative estimate of drug-likeness (QED) is 0.652. The summed E-state index contributed by atoms with van der Waals surface area (Å²) in [5.74, 6) is 0.591. The SMILES string of the molecule is CCCC(=O)OCC1CC(C)CCO1. The molecule has 0 aromatic rings. The monoisotopic (exact) mass is 200 g/mol. The molecule has 1 aliphatic rings. The van der Waals surface area contributed by atoms with Crippen LogP contribution in [0.25, 0.3) is 0 Å². The van der Waals surface area contributed by atoms with Gasteiger partial charge in [-0.25, -0.2) is 0 Å². The lowest BCUT2D eigenvalue weighted by atomic mass is 9.98. The molecule has 0 saturated carbocycles. The number of carbonyl (C=O) groups excluding carboxylic acids is 1. The molecule has 0 N–H and O–H groups in total. The second-order valence-electron chi connectivity index (χ2n) is 4.06. The van der Waals surface area contributed by atoms with Crippen molar-refractivity contribution in [2.45, 2.75) is 45.6 Å². The van der Waals surface area contributed by atoms with Crippen molar-refractivity contribution < 1.29 is 14.3 Å². The van der Waals surface area contributed by atoms with Crippen molar-refractivity contribution in [2.24, 2.45) is 5.92 Å². The van der Waals surface area contributed by atoms with Gasteiger partial charge < -0.3 is 9.47 Å². The summed E-state index contributed by atoms with van der Waals surface area (Å²) in [6.07, 6.45) is 3.63. The van der Waals surface area contributed by atoms with Gasteiger partial charge in [0.1, 0.15) is 6.61 Å². The molecule has 1 saturated heterocycles. The predicted octanol–water partition coefficient (Wildman–Crippen LogP) is 2.14. The van der Waals surface area contributed by atoms with Crippen molar-refractivity contribution in [1.29, 1.82) is 0 Å².